The molecular weight excluding hydrogens is 419 g/mol. The fraction of sp³-hybridized carbons (Fsp3) is 0.615. The van der Waals surface area contributed by atoms with E-state index in [1.54, 1.807) is 12.1 Å². The van der Waals surface area contributed by atoms with Gasteiger partial charge < -0.3 is 10.0 Å². The summed E-state index contributed by atoms with van der Waals surface area (Å²) in [7, 11) is 0. The monoisotopic (exact) mass is 456 g/mol. The van der Waals surface area contributed by atoms with Crippen molar-refractivity contribution in [2.75, 3.05) is 32.7 Å². The van der Waals surface area contributed by atoms with E-state index in [2.05, 4.69) is 32.6 Å². The van der Waals surface area contributed by atoms with Gasteiger partial charge in [0.05, 0.1) is 6.42 Å². The van der Waals surface area contributed by atoms with Gasteiger partial charge in [0.1, 0.15) is 5.82 Å². The molecule has 0 aliphatic carbocycles. The van der Waals surface area contributed by atoms with Crippen molar-refractivity contribution in [1.29, 1.82) is 0 Å². The van der Waals surface area contributed by atoms with Crippen molar-refractivity contribution < 1.29 is 14.3 Å². The number of carbonyl (C=O) groups is 1. The fourth-order valence-corrected chi connectivity index (χ4v) is 5.84. The topological polar surface area (TPSA) is 61.6 Å². The van der Waals surface area contributed by atoms with Gasteiger partial charge in [-0.1, -0.05) is 12.1 Å². The highest BCUT2D eigenvalue weighted by Gasteiger charge is 2.42. The van der Waals surface area contributed by atoms with Gasteiger partial charge in [-0.3, -0.25) is 14.4 Å². The molecule has 2 aliphatic rings. The Morgan fingerprint density at radius 3 is 2.64 bits per heavy atom. The third kappa shape index (κ3) is 5.46. The molecule has 33 heavy (non-hydrogen) atoms. The number of piperidine rings is 1. The highest BCUT2D eigenvalue weighted by molar-refractivity contribution is 5.68. The van der Waals surface area contributed by atoms with Crippen molar-refractivity contribution in [3.8, 4) is 0 Å². The Morgan fingerprint density at radius 1 is 1.21 bits per heavy atom. The Morgan fingerprint density at radius 2 is 1.97 bits per heavy atom. The van der Waals surface area contributed by atoms with Crippen LogP contribution in [0.1, 0.15) is 63.1 Å². The van der Waals surface area contributed by atoms with E-state index in [0.717, 1.165) is 57.7 Å². The summed E-state index contributed by atoms with van der Waals surface area (Å²) in [5, 5.41) is 13.8. The zero-order valence-corrected chi connectivity index (χ0v) is 20.1. The van der Waals surface area contributed by atoms with Gasteiger partial charge in [-0.15, -0.1) is 0 Å². The molecule has 2 aromatic rings. The third-order valence-corrected chi connectivity index (χ3v) is 7.71. The van der Waals surface area contributed by atoms with Gasteiger partial charge in [0.25, 0.3) is 0 Å². The predicted molar refractivity (Wildman–Crippen MR) is 127 cm³/mol. The highest BCUT2D eigenvalue weighted by Crippen LogP contribution is 2.39. The minimum Gasteiger partial charge on any atom is -0.481 e. The quantitative estimate of drug-likeness (QED) is 0.645. The summed E-state index contributed by atoms with van der Waals surface area (Å²) in [5.74, 6) is 0.116. The Kier molecular flexibility index (Phi) is 7.19. The van der Waals surface area contributed by atoms with E-state index in [9.17, 15) is 14.3 Å². The molecule has 0 saturated carbocycles. The fourth-order valence-electron chi connectivity index (χ4n) is 5.84. The van der Waals surface area contributed by atoms with Crippen molar-refractivity contribution >= 4 is 5.97 Å². The number of nitrogens with zero attached hydrogens (tertiary/aromatic N) is 4. The van der Waals surface area contributed by atoms with Crippen LogP contribution in [-0.2, 0) is 11.3 Å². The number of likely N-dealkylation sites (tertiary alicyclic amines) is 2. The average Bonchev–Trinajstić information content (AvgIpc) is 3.41. The van der Waals surface area contributed by atoms with E-state index in [1.165, 1.54) is 11.8 Å². The first-order valence-corrected chi connectivity index (χ1v) is 12.2. The molecule has 3 heterocycles. The second-order valence-electron chi connectivity index (χ2n) is 10.4. The van der Waals surface area contributed by atoms with Gasteiger partial charge in [0.15, 0.2) is 0 Å². The standard InChI is InChI=1S/C26H37FN4O2/c1-4-31-24(8-11-28-31)19-9-12-29(13-10-19)16-21-17-30(26(2,3)15-25(32)33)18-23(21)20-6-5-7-22(27)14-20/h5-8,11,14,19,21,23H,4,9-10,12-13,15-18H2,1-3H3,(H,32,33)/t21-,23+/m0/s1. The molecule has 180 valence electrons. The summed E-state index contributed by atoms with van der Waals surface area (Å²) < 4.78 is 16.2. The Balaban J connectivity index is 1.45. The Labute approximate surface area is 196 Å². The van der Waals surface area contributed by atoms with Crippen LogP contribution < -0.4 is 0 Å². The Hall–Kier alpha value is -2.25. The summed E-state index contributed by atoms with van der Waals surface area (Å²) in [5.41, 5.74) is 1.94. The van der Waals surface area contributed by atoms with Crippen LogP contribution in [0.3, 0.4) is 0 Å². The smallest absolute Gasteiger partial charge is 0.305 e. The number of hydrogen-bond acceptors (Lipinski definition) is 4. The number of aromatic nitrogens is 2. The van der Waals surface area contributed by atoms with Crippen LogP contribution in [0, 0.1) is 11.7 Å². The molecule has 2 aliphatic heterocycles. The third-order valence-electron chi connectivity index (χ3n) is 7.71. The summed E-state index contributed by atoms with van der Waals surface area (Å²) in [6.07, 6.45) is 4.25. The first kappa shape index (κ1) is 23.9. The van der Waals surface area contributed by atoms with Gasteiger partial charge in [-0.25, -0.2) is 4.39 Å². The number of carboxylic acids is 1. The average molecular weight is 457 g/mol. The molecule has 0 bridgehead atoms. The number of rotatable bonds is 8. The van der Waals surface area contributed by atoms with Gasteiger partial charge in [0.2, 0.25) is 0 Å². The number of halogens is 1. The van der Waals surface area contributed by atoms with Crippen LogP contribution in [-0.4, -0.2) is 68.9 Å². The SMILES string of the molecule is CCn1nccc1C1CCN(C[C@H]2CN(C(C)(C)CC(=O)O)C[C@@H]2c2cccc(F)c2)CC1. The zero-order chi connectivity index (χ0) is 23.6. The molecule has 0 unspecified atom stereocenters. The van der Waals surface area contributed by atoms with Crippen LogP contribution in [0.15, 0.2) is 36.5 Å². The molecule has 0 spiro atoms. The highest BCUT2D eigenvalue weighted by atomic mass is 19.1. The minimum atomic E-state index is -0.779. The summed E-state index contributed by atoms with van der Waals surface area (Å²) >= 11 is 0. The largest absolute Gasteiger partial charge is 0.481 e. The zero-order valence-electron chi connectivity index (χ0n) is 20.1. The molecular formula is C26H37FN4O2. The number of carboxylic acid groups (broad SMARTS) is 1. The lowest BCUT2D eigenvalue weighted by molar-refractivity contribution is -0.139. The van der Waals surface area contributed by atoms with E-state index in [0.29, 0.717) is 11.8 Å². The lowest BCUT2D eigenvalue weighted by atomic mass is 9.87. The molecule has 4 rings (SSSR count). The summed E-state index contributed by atoms with van der Waals surface area (Å²) in [4.78, 5) is 16.3. The maximum absolute atomic E-state index is 14.0. The second-order valence-corrected chi connectivity index (χ2v) is 10.4. The Bertz CT molecular complexity index is 951. The van der Waals surface area contributed by atoms with Crippen molar-refractivity contribution in [3.05, 3.63) is 53.6 Å². The number of aryl methyl sites for hydroxylation is 1. The lowest BCUT2D eigenvalue weighted by Crippen LogP contribution is -2.45. The van der Waals surface area contributed by atoms with Crippen LogP contribution in [0.2, 0.25) is 0 Å². The van der Waals surface area contributed by atoms with E-state index < -0.39 is 11.5 Å². The number of benzene rings is 1. The van der Waals surface area contributed by atoms with Gasteiger partial charge in [0, 0.05) is 55.4 Å². The molecule has 6 nitrogen and oxygen atoms in total. The summed E-state index contributed by atoms with van der Waals surface area (Å²) in [6, 6.07) is 9.11. The van der Waals surface area contributed by atoms with Crippen molar-refractivity contribution in [3.63, 3.8) is 0 Å². The van der Waals surface area contributed by atoms with Crippen molar-refractivity contribution in [1.82, 2.24) is 19.6 Å². The molecule has 7 heteroatoms. The van der Waals surface area contributed by atoms with Crippen LogP contribution in [0.5, 0.6) is 0 Å². The minimum absolute atomic E-state index is 0.103. The molecule has 1 aromatic carbocycles. The van der Waals surface area contributed by atoms with E-state index in [-0.39, 0.29) is 18.2 Å². The van der Waals surface area contributed by atoms with E-state index in [1.807, 2.05) is 26.1 Å². The van der Waals surface area contributed by atoms with Crippen LogP contribution in [0.4, 0.5) is 4.39 Å². The van der Waals surface area contributed by atoms with Gasteiger partial charge >= 0.3 is 5.97 Å². The van der Waals surface area contributed by atoms with Crippen molar-refractivity contribution in [2.45, 2.75) is 64.0 Å². The van der Waals surface area contributed by atoms with Gasteiger partial charge in [-0.2, -0.15) is 5.10 Å². The first-order valence-electron chi connectivity index (χ1n) is 12.2. The van der Waals surface area contributed by atoms with Crippen molar-refractivity contribution in [2.24, 2.45) is 5.92 Å². The summed E-state index contributed by atoms with van der Waals surface area (Å²) in [6.45, 7) is 11.7. The second kappa shape index (κ2) is 9.94. The normalized spacial score (nSPS) is 23.3. The molecule has 2 saturated heterocycles. The molecule has 1 aromatic heterocycles. The maximum Gasteiger partial charge on any atom is 0.305 e. The van der Waals surface area contributed by atoms with Crippen LogP contribution >= 0.6 is 0 Å². The van der Waals surface area contributed by atoms with E-state index >= 15 is 0 Å². The van der Waals surface area contributed by atoms with Crippen LogP contribution in [0.25, 0.3) is 0 Å². The molecule has 2 atom stereocenters. The predicted octanol–water partition coefficient (Wildman–Crippen LogP) is 4.19. The molecule has 1 N–H and O–H groups in total. The van der Waals surface area contributed by atoms with Gasteiger partial charge in [-0.05, 0) is 76.4 Å². The lowest BCUT2D eigenvalue weighted by Gasteiger charge is -2.36. The molecule has 2 fully saturated rings. The maximum atomic E-state index is 14.0. The number of hydrogen-bond donors (Lipinski definition) is 1. The number of aliphatic carboxylic acids is 1. The molecule has 0 amide bonds. The van der Waals surface area contributed by atoms with E-state index in [4.69, 9.17) is 0 Å². The first-order chi connectivity index (χ1) is 15.8. The molecule has 0 radical (unpaired) electrons.